The lowest BCUT2D eigenvalue weighted by Gasteiger charge is -2.23. The van der Waals surface area contributed by atoms with Crippen LogP contribution in [0.2, 0.25) is 0 Å². The van der Waals surface area contributed by atoms with Gasteiger partial charge in [-0.05, 0) is 37.5 Å². The first-order valence-electron chi connectivity index (χ1n) is 6.33. The van der Waals surface area contributed by atoms with Crippen molar-refractivity contribution in [2.45, 2.75) is 25.7 Å². The standard InChI is InChI=1S/C13H16N4/c14-7-12-13(16-6-5-15-12)17(8-10-1-2-10)9-11-3-4-11/h5-6,10-11H,1-4,8-9H2. The number of hydrogen-bond acceptors (Lipinski definition) is 4. The summed E-state index contributed by atoms with van der Waals surface area (Å²) >= 11 is 0. The topological polar surface area (TPSA) is 52.8 Å². The molecule has 0 saturated heterocycles. The molecule has 4 nitrogen and oxygen atoms in total. The van der Waals surface area contributed by atoms with E-state index in [1.54, 1.807) is 12.4 Å². The van der Waals surface area contributed by atoms with Gasteiger partial charge in [0.1, 0.15) is 6.07 Å². The van der Waals surface area contributed by atoms with Crippen LogP contribution in [-0.4, -0.2) is 23.1 Å². The molecule has 0 unspecified atom stereocenters. The van der Waals surface area contributed by atoms with Gasteiger partial charge in [-0.15, -0.1) is 0 Å². The summed E-state index contributed by atoms with van der Waals surface area (Å²) in [6, 6.07) is 2.15. The fraction of sp³-hybridized carbons (Fsp3) is 0.615. The maximum atomic E-state index is 9.09. The predicted octanol–water partition coefficient (Wildman–Crippen LogP) is 1.97. The van der Waals surface area contributed by atoms with Crippen LogP contribution in [-0.2, 0) is 0 Å². The Kier molecular flexibility index (Phi) is 2.68. The predicted molar refractivity (Wildman–Crippen MR) is 64.4 cm³/mol. The lowest BCUT2D eigenvalue weighted by molar-refractivity contribution is 0.669. The van der Waals surface area contributed by atoms with E-state index in [2.05, 4.69) is 20.9 Å². The Labute approximate surface area is 101 Å². The molecule has 0 radical (unpaired) electrons. The molecule has 2 fully saturated rings. The largest absolute Gasteiger partial charge is 0.354 e. The number of rotatable bonds is 5. The summed E-state index contributed by atoms with van der Waals surface area (Å²) < 4.78 is 0. The summed E-state index contributed by atoms with van der Waals surface area (Å²) in [5, 5.41) is 9.09. The van der Waals surface area contributed by atoms with Gasteiger partial charge in [-0.2, -0.15) is 5.26 Å². The minimum Gasteiger partial charge on any atom is -0.354 e. The summed E-state index contributed by atoms with van der Waals surface area (Å²) in [4.78, 5) is 10.7. The normalized spacial score (nSPS) is 18.8. The maximum Gasteiger partial charge on any atom is 0.183 e. The SMILES string of the molecule is N#Cc1nccnc1N(CC1CC1)CC1CC1. The monoisotopic (exact) mass is 228 g/mol. The van der Waals surface area contributed by atoms with E-state index in [4.69, 9.17) is 5.26 Å². The van der Waals surface area contributed by atoms with E-state index in [0.29, 0.717) is 5.69 Å². The molecule has 1 heterocycles. The van der Waals surface area contributed by atoms with Gasteiger partial charge in [-0.3, -0.25) is 0 Å². The van der Waals surface area contributed by atoms with E-state index < -0.39 is 0 Å². The van der Waals surface area contributed by atoms with E-state index >= 15 is 0 Å². The van der Waals surface area contributed by atoms with Gasteiger partial charge in [-0.1, -0.05) is 0 Å². The molecule has 0 aliphatic heterocycles. The van der Waals surface area contributed by atoms with Gasteiger partial charge in [0.15, 0.2) is 11.5 Å². The Hall–Kier alpha value is -1.63. The number of hydrogen-bond donors (Lipinski definition) is 0. The Balaban J connectivity index is 1.81. The highest BCUT2D eigenvalue weighted by Gasteiger charge is 2.30. The fourth-order valence-electron chi connectivity index (χ4n) is 2.11. The number of nitrogens with zero attached hydrogens (tertiary/aromatic N) is 4. The highest BCUT2D eigenvalue weighted by atomic mass is 15.2. The lowest BCUT2D eigenvalue weighted by atomic mass is 10.3. The number of anilines is 1. The first-order valence-corrected chi connectivity index (χ1v) is 6.33. The Morgan fingerprint density at radius 1 is 1.12 bits per heavy atom. The van der Waals surface area contributed by atoms with Crippen molar-refractivity contribution in [1.82, 2.24) is 9.97 Å². The van der Waals surface area contributed by atoms with Crippen molar-refractivity contribution in [2.24, 2.45) is 11.8 Å². The quantitative estimate of drug-likeness (QED) is 0.773. The van der Waals surface area contributed by atoms with Crippen LogP contribution < -0.4 is 4.90 Å². The Morgan fingerprint density at radius 3 is 2.24 bits per heavy atom. The molecule has 0 atom stereocenters. The molecule has 0 amide bonds. The Morgan fingerprint density at radius 2 is 1.71 bits per heavy atom. The third-order valence-electron chi connectivity index (χ3n) is 3.44. The fourth-order valence-corrected chi connectivity index (χ4v) is 2.11. The third kappa shape index (κ3) is 2.55. The van der Waals surface area contributed by atoms with Gasteiger partial charge in [0.25, 0.3) is 0 Å². The summed E-state index contributed by atoms with van der Waals surface area (Å²) in [5.41, 5.74) is 0.466. The van der Waals surface area contributed by atoms with Crippen LogP contribution in [0.15, 0.2) is 12.4 Å². The van der Waals surface area contributed by atoms with Crippen LogP contribution in [0.3, 0.4) is 0 Å². The van der Waals surface area contributed by atoms with Crippen LogP contribution in [0.4, 0.5) is 5.82 Å². The van der Waals surface area contributed by atoms with Gasteiger partial charge >= 0.3 is 0 Å². The maximum absolute atomic E-state index is 9.09. The molecule has 1 aromatic heterocycles. The van der Waals surface area contributed by atoms with Crippen molar-refractivity contribution >= 4 is 5.82 Å². The molecule has 0 bridgehead atoms. The van der Waals surface area contributed by atoms with Crippen LogP contribution in [0, 0.1) is 23.2 Å². The molecule has 17 heavy (non-hydrogen) atoms. The molecular formula is C13H16N4. The van der Waals surface area contributed by atoms with Gasteiger partial charge < -0.3 is 4.90 Å². The second-order valence-corrected chi connectivity index (χ2v) is 5.13. The van der Waals surface area contributed by atoms with Crippen molar-refractivity contribution in [3.8, 4) is 6.07 Å². The smallest absolute Gasteiger partial charge is 0.183 e. The number of aromatic nitrogens is 2. The first-order chi connectivity index (χ1) is 8.36. The lowest BCUT2D eigenvalue weighted by Crippen LogP contribution is -2.29. The van der Waals surface area contributed by atoms with Gasteiger partial charge in [-0.25, -0.2) is 9.97 Å². The van der Waals surface area contributed by atoms with Gasteiger partial charge in [0.2, 0.25) is 0 Å². The molecule has 3 rings (SSSR count). The zero-order valence-corrected chi connectivity index (χ0v) is 9.84. The zero-order valence-electron chi connectivity index (χ0n) is 9.84. The van der Waals surface area contributed by atoms with Crippen molar-refractivity contribution in [1.29, 1.82) is 5.26 Å². The zero-order chi connectivity index (χ0) is 11.7. The second kappa shape index (κ2) is 4.33. The molecule has 0 spiro atoms. The van der Waals surface area contributed by atoms with Crippen LogP contribution in [0.5, 0.6) is 0 Å². The number of nitriles is 1. The molecule has 1 aromatic rings. The minimum atomic E-state index is 0.466. The van der Waals surface area contributed by atoms with E-state index in [1.807, 2.05) is 0 Å². The van der Waals surface area contributed by atoms with Crippen molar-refractivity contribution < 1.29 is 0 Å². The molecule has 4 heteroatoms. The second-order valence-electron chi connectivity index (χ2n) is 5.13. The summed E-state index contributed by atoms with van der Waals surface area (Å²) in [5.74, 6) is 2.40. The minimum absolute atomic E-state index is 0.466. The summed E-state index contributed by atoms with van der Waals surface area (Å²) in [7, 11) is 0. The van der Waals surface area contributed by atoms with Gasteiger partial charge in [0, 0.05) is 25.5 Å². The average Bonchev–Trinajstić information content (AvgIpc) is 3.23. The van der Waals surface area contributed by atoms with E-state index in [9.17, 15) is 0 Å². The van der Waals surface area contributed by atoms with Crippen molar-refractivity contribution in [3.63, 3.8) is 0 Å². The average molecular weight is 228 g/mol. The van der Waals surface area contributed by atoms with Crippen LogP contribution in [0.1, 0.15) is 31.4 Å². The highest BCUT2D eigenvalue weighted by Crippen LogP contribution is 2.35. The van der Waals surface area contributed by atoms with Gasteiger partial charge in [0.05, 0.1) is 0 Å². The van der Waals surface area contributed by atoms with Crippen molar-refractivity contribution in [3.05, 3.63) is 18.1 Å². The molecule has 2 aliphatic rings. The molecule has 88 valence electrons. The van der Waals surface area contributed by atoms with Crippen LogP contribution >= 0.6 is 0 Å². The van der Waals surface area contributed by atoms with Crippen molar-refractivity contribution in [2.75, 3.05) is 18.0 Å². The van der Waals surface area contributed by atoms with E-state index in [-0.39, 0.29) is 0 Å². The molecule has 0 N–H and O–H groups in total. The van der Waals surface area contributed by atoms with E-state index in [0.717, 1.165) is 30.7 Å². The Bertz CT molecular complexity index is 429. The highest BCUT2D eigenvalue weighted by molar-refractivity contribution is 5.49. The molecule has 0 aromatic carbocycles. The summed E-state index contributed by atoms with van der Waals surface area (Å²) in [6.07, 6.45) is 8.57. The molecule has 2 aliphatic carbocycles. The first kappa shape index (κ1) is 10.5. The van der Waals surface area contributed by atoms with E-state index in [1.165, 1.54) is 25.7 Å². The molecular weight excluding hydrogens is 212 g/mol. The third-order valence-corrected chi connectivity index (χ3v) is 3.44. The summed E-state index contributed by atoms with van der Waals surface area (Å²) in [6.45, 7) is 2.09. The van der Waals surface area contributed by atoms with Crippen LogP contribution in [0.25, 0.3) is 0 Å². The molecule has 2 saturated carbocycles.